The summed E-state index contributed by atoms with van der Waals surface area (Å²) in [6, 6.07) is 12.8. The number of aromatic hydroxyl groups is 1. The molecule has 0 aromatic heterocycles. The number of amides is 1. The van der Waals surface area contributed by atoms with E-state index in [-0.39, 0.29) is 17.4 Å². The van der Waals surface area contributed by atoms with Crippen molar-refractivity contribution in [1.82, 2.24) is 10.2 Å². The lowest BCUT2D eigenvalue weighted by Crippen LogP contribution is -2.31. The summed E-state index contributed by atoms with van der Waals surface area (Å²) in [5.74, 6) is -0.272. The molecule has 5 nitrogen and oxygen atoms in total. The third kappa shape index (κ3) is 4.55. The highest BCUT2D eigenvalue weighted by Crippen LogP contribution is 2.26. The van der Waals surface area contributed by atoms with Gasteiger partial charge in [0.25, 0.3) is 5.91 Å². The largest absolute Gasteiger partial charge is 0.507 e. The smallest absolute Gasteiger partial charge is 0.251 e. The maximum absolute atomic E-state index is 12.3. The number of carbonyl (C=O) groups excluding carboxylic acids is 2. The second-order valence-corrected chi connectivity index (χ2v) is 7.19. The third-order valence-electron chi connectivity index (χ3n) is 5.29. The lowest BCUT2D eigenvalue weighted by Gasteiger charge is -2.19. The van der Waals surface area contributed by atoms with Crippen molar-refractivity contribution in [3.63, 3.8) is 0 Å². The molecule has 0 bridgehead atoms. The molecule has 3 rings (SSSR count). The number of benzene rings is 2. The first-order chi connectivity index (χ1) is 13.0. The summed E-state index contributed by atoms with van der Waals surface area (Å²) in [7, 11) is 2.14. The number of Topliss-reactive ketones (excluding diaryl/α,β-unsaturated/α-hetero) is 1. The summed E-state index contributed by atoms with van der Waals surface area (Å²) in [4.78, 5) is 26.3. The predicted molar refractivity (Wildman–Crippen MR) is 106 cm³/mol. The lowest BCUT2D eigenvalue weighted by molar-refractivity contribution is 0.0949. The second-order valence-electron chi connectivity index (χ2n) is 7.19. The number of hydrogen-bond donors (Lipinski definition) is 2. The molecule has 2 aromatic rings. The molecular weight excluding hydrogens is 340 g/mol. The van der Waals surface area contributed by atoms with E-state index in [0.717, 1.165) is 24.1 Å². The summed E-state index contributed by atoms with van der Waals surface area (Å²) in [6.45, 7) is 3.24. The van der Waals surface area contributed by atoms with Gasteiger partial charge in [-0.3, -0.25) is 9.59 Å². The molecule has 2 N–H and O–H groups in total. The number of likely N-dealkylation sites (tertiary alicyclic amines) is 1. The Morgan fingerprint density at radius 2 is 1.85 bits per heavy atom. The molecule has 0 aliphatic carbocycles. The zero-order valence-corrected chi connectivity index (χ0v) is 15.9. The van der Waals surface area contributed by atoms with Crippen LogP contribution in [0.5, 0.6) is 5.75 Å². The first kappa shape index (κ1) is 19.1. The fourth-order valence-corrected chi connectivity index (χ4v) is 3.61. The van der Waals surface area contributed by atoms with Gasteiger partial charge >= 0.3 is 0 Å². The Bertz CT molecular complexity index is 830. The van der Waals surface area contributed by atoms with Gasteiger partial charge in [-0.1, -0.05) is 18.2 Å². The number of nitrogens with zero attached hydrogens (tertiary/aromatic N) is 1. The molecule has 1 heterocycles. The van der Waals surface area contributed by atoms with Gasteiger partial charge in [0.2, 0.25) is 0 Å². The molecule has 0 unspecified atom stereocenters. The highest BCUT2D eigenvalue weighted by atomic mass is 16.3. The van der Waals surface area contributed by atoms with Crippen LogP contribution < -0.4 is 5.32 Å². The van der Waals surface area contributed by atoms with Crippen LogP contribution in [-0.4, -0.2) is 47.9 Å². The zero-order valence-electron chi connectivity index (χ0n) is 15.9. The van der Waals surface area contributed by atoms with Crippen molar-refractivity contribution in [3.8, 4) is 16.9 Å². The molecule has 1 aliphatic rings. The average molecular weight is 366 g/mol. The van der Waals surface area contributed by atoms with Gasteiger partial charge in [-0.25, -0.2) is 0 Å². The summed E-state index contributed by atoms with van der Waals surface area (Å²) < 4.78 is 0. The van der Waals surface area contributed by atoms with Crippen LogP contribution in [0.3, 0.4) is 0 Å². The van der Waals surface area contributed by atoms with Crippen LogP contribution in [0.15, 0.2) is 42.5 Å². The van der Waals surface area contributed by atoms with Crippen molar-refractivity contribution < 1.29 is 14.7 Å². The van der Waals surface area contributed by atoms with Gasteiger partial charge in [-0.15, -0.1) is 0 Å². The molecule has 27 heavy (non-hydrogen) atoms. The van der Waals surface area contributed by atoms with Crippen molar-refractivity contribution in [1.29, 1.82) is 0 Å². The van der Waals surface area contributed by atoms with E-state index >= 15 is 0 Å². The summed E-state index contributed by atoms with van der Waals surface area (Å²) >= 11 is 0. The minimum Gasteiger partial charge on any atom is -0.507 e. The molecule has 1 aliphatic heterocycles. The molecule has 1 amide bonds. The Balaban J connectivity index is 1.62. The number of hydrogen-bond acceptors (Lipinski definition) is 4. The number of nitrogens with one attached hydrogen (secondary N) is 1. The molecule has 1 atom stereocenters. The lowest BCUT2D eigenvalue weighted by atomic mass is 9.99. The highest BCUT2D eigenvalue weighted by Gasteiger charge is 2.20. The summed E-state index contributed by atoms with van der Waals surface area (Å²) in [5.41, 5.74) is 2.63. The van der Waals surface area contributed by atoms with E-state index in [1.165, 1.54) is 25.8 Å². The van der Waals surface area contributed by atoms with Crippen LogP contribution in [0.2, 0.25) is 0 Å². The van der Waals surface area contributed by atoms with E-state index < -0.39 is 0 Å². The number of carbonyl (C=O) groups is 2. The Morgan fingerprint density at radius 1 is 1.15 bits per heavy atom. The number of phenols is 1. The predicted octanol–water partition coefficient (Wildman–Crippen LogP) is 3.48. The fraction of sp³-hybridized carbons (Fsp3) is 0.364. The van der Waals surface area contributed by atoms with Crippen LogP contribution >= 0.6 is 0 Å². The minimum atomic E-state index is -0.182. The van der Waals surface area contributed by atoms with E-state index in [4.69, 9.17) is 0 Å². The van der Waals surface area contributed by atoms with E-state index in [1.54, 1.807) is 24.3 Å². The molecule has 0 radical (unpaired) electrons. The van der Waals surface area contributed by atoms with Gasteiger partial charge in [0, 0.05) is 18.2 Å². The van der Waals surface area contributed by atoms with E-state index in [2.05, 4.69) is 17.3 Å². The monoisotopic (exact) mass is 366 g/mol. The highest BCUT2D eigenvalue weighted by molar-refractivity contribution is 5.98. The Hall–Kier alpha value is -2.66. The van der Waals surface area contributed by atoms with Crippen LogP contribution in [0.25, 0.3) is 11.1 Å². The number of rotatable bonds is 6. The van der Waals surface area contributed by atoms with Crippen LogP contribution in [0.1, 0.15) is 46.9 Å². The van der Waals surface area contributed by atoms with Gasteiger partial charge in [0.1, 0.15) is 5.75 Å². The zero-order chi connectivity index (χ0) is 19.4. The van der Waals surface area contributed by atoms with Gasteiger partial charge in [-0.05, 0) is 75.2 Å². The van der Waals surface area contributed by atoms with Crippen molar-refractivity contribution in [3.05, 3.63) is 53.6 Å². The molecule has 142 valence electrons. The minimum absolute atomic E-state index is 0.0184. The van der Waals surface area contributed by atoms with Crippen molar-refractivity contribution in [2.24, 2.45) is 0 Å². The molecule has 5 heteroatoms. The van der Waals surface area contributed by atoms with E-state index in [0.29, 0.717) is 23.7 Å². The van der Waals surface area contributed by atoms with Crippen molar-refractivity contribution in [2.45, 2.75) is 32.2 Å². The van der Waals surface area contributed by atoms with E-state index in [1.807, 2.05) is 12.1 Å². The Kier molecular flexibility index (Phi) is 5.91. The summed E-state index contributed by atoms with van der Waals surface area (Å²) in [5, 5.41) is 12.8. The summed E-state index contributed by atoms with van der Waals surface area (Å²) in [6.07, 6.45) is 3.41. The van der Waals surface area contributed by atoms with Crippen molar-refractivity contribution >= 4 is 11.7 Å². The maximum atomic E-state index is 12.3. The SMILES string of the molecule is CC(=O)c1cc(-c2ccc(C(=O)NCC[C@H]3CCCN3C)cc2)ccc1O. The molecule has 0 saturated carbocycles. The molecule has 2 aromatic carbocycles. The fourth-order valence-electron chi connectivity index (χ4n) is 3.61. The first-order valence-corrected chi connectivity index (χ1v) is 9.38. The topological polar surface area (TPSA) is 69.6 Å². The third-order valence-corrected chi connectivity index (χ3v) is 5.29. The normalized spacial score (nSPS) is 17.0. The number of phenolic OH excluding ortho intramolecular Hbond substituents is 1. The second kappa shape index (κ2) is 8.35. The van der Waals surface area contributed by atoms with Crippen LogP contribution in [0, 0.1) is 0 Å². The first-order valence-electron chi connectivity index (χ1n) is 9.38. The van der Waals surface area contributed by atoms with Gasteiger partial charge in [-0.2, -0.15) is 0 Å². The maximum Gasteiger partial charge on any atom is 0.251 e. The Morgan fingerprint density at radius 3 is 2.48 bits per heavy atom. The molecule has 1 fully saturated rings. The van der Waals surface area contributed by atoms with E-state index in [9.17, 15) is 14.7 Å². The Labute approximate surface area is 160 Å². The molecule has 1 saturated heterocycles. The van der Waals surface area contributed by atoms with Crippen LogP contribution in [-0.2, 0) is 0 Å². The van der Waals surface area contributed by atoms with Gasteiger partial charge in [0.15, 0.2) is 5.78 Å². The van der Waals surface area contributed by atoms with Gasteiger partial charge in [0.05, 0.1) is 5.56 Å². The standard InChI is InChI=1S/C22H26N2O3/c1-15(25)20-14-18(9-10-21(20)26)16-5-7-17(8-6-16)22(27)23-12-11-19-4-3-13-24(19)2/h5-10,14,19,26H,3-4,11-13H2,1-2H3,(H,23,27)/t19-/m1/s1. The average Bonchev–Trinajstić information content (AvgIpc) is 3.07. The van der Waals surface area contributed by atoms with Crippen molar-refractivity contribution in [2.75, 3.05) is 20.1 Å². The van der Waals surface area contributed by atoms with Gasteiger partial charge < -0.3 is 15.3 Å². The van der Waals surface area contributed by atoms with Crippen LogP contribution in [0.4, 0.5) is 0 Å². The quantitative estimate of drug-likeness (QED) is 0.768. The molecular formula is C22H26N2O3. The number of ketones is 1. The molecule has 0 spiro atoms.